The van der Waals surface area contributed by atoms with Gasteiger partial charge in [0.25, 0.3) is 0 Å². The van der Waals surface area contributed by atoms with Crippen LogP contribution in [0.4, 0.5) is 5.69 Å². The van der Waals surface area contributed by atoms with Gasteiger partial charge in [-0.3, -0.25) is 19.3 Å². The fourth-order valence-electron chi connectivity index (χ4n) is 11.1. The van der Waals surface area contributed by atoms with Crippen molar-refractivity contribution in [3.63, 3.8) is 0 Å². The highest BCUT2D eigenvalue weighted by Crippen LogP contribution is 2.31. The number of benzene rings is 3. The molecule has 0 spiro atoms. The molecule has 6 N–H and O–H groups in total. The smallest absolute Gasteiger partial charge is 0.307 e. The summed E-state index contributed by atoms with van der Waals surface area (Å²) < 4.78 is 6.96. The second kappa shape index (κ2) is 19.8. The molecule has 338 valence electrons. The molecule has 4 aliphatic rings. The van der Waals surface area contributed by atoms with Crippen molar-refractivity contribution in [2.75, 3.05) is 65.4 Å². The summed E-state index contributed by atoms with van der Waals surface area (Å²) in [6.45, 7) is 9.61. The van der Waals surface area contributed by atoms with Crippen LogP contribution >= 0.6 is 0 Å². The number of carboxylic acid groups (broad SMARTS) is 3. The zero-order valence-electron chi connectivity index (χ0n) is 36.8. The highest BCUT2D eigenvalue weighted by atomic mass is 16.4. The van der Waals surface area contributed by atoms with Gasteiger partial charge in [-0.25, -0.2) is 4.58 Å². The quantitative estimate of drug-likeness (QED) is 0.0546. The van der Waals surface area contributed by atoms with Crippen LogP contribution < -0.4 is 16.0 Å². The Hall–Kier alpha value is -5.34. The molecule has 13 heteroatoms. The molecule has 0 aliphatic carbocycles. The van der Waals surface area contributed by atoms with E-state index in [1.807, 2.05) is 0 Å². The first-order valence-corrected chi connectivity index (χ1v) is 23.6. The van der Waals surface area contributed by atoms with Gasteiger partial charge in [0.05, 0.1) is 30.7 Å². The summed E-state index contributed by atoms with van der Waals surface area (Å²) in [6, 6.07) is 23.6. The van der Waals surface area contributed by atoms with Crippen molar-refractivity contribution in [2.24, 2.45) is 35.5 Å². The van der Waals surface area contributed by atoms with Crippen LogP contribution in [0.3, 0.4) is 0 Å². The summed E-state index contributed by atoms with van der Waals surface area (Å²) in [5.74, 6) is -2.99. The van der Waals surface area contributed by atoms with Crippen molar-refractivity contribution in [3.05, 3.63) is 101 Å². The molecule has 3 saturated heterocycles. The summed E-state index contributed by atoms with van der Waals surface area (Å²) in [5.41, 5.74) is 7.83. The van der Waals surface area contributed by atoms with Crippen molar-refractivity contribution in [2.45, 2.75) is 58.0 Å². The monoisotopic (exact) mass is 870 g/mol. The van der Waals surface area contributed by atoms with Crippen LogP contribution in [0.25, 0.3) is 21.8 Å². The third-order valence-electron chi connectivity index (χ3n) is 15.0. The minimum Gasteiger partial charge on any atom is -0.481 e. The summed E-state index contributed by atoms with van der Waals surface area (Å²) in [4.78, 5) is 39.6. The van der Waals surface area contributed by atoms with E-state index in [9.17, 15) is 29.7 Å². The topological polar surface area (TPSA) is 164 Å². The average Bonchev–Trinajstić information content (AvgIpc) is 4.16. The highest BCUT2D eigenvalue weighted by Gasteiger charge is 2.34. The standard InChI is InChI=1S/C51H63N7O6/c59-49(60)43(40-7-13-52-31-40)25-34-1-4-37-10-16-56(46(37)28-34)22-19-55(20-23-57-17-11-38-5-2-35(29-47(38)57)26-44(50(61)62)41-8-14-53-32-41)21-24-58-18-12-39-6-3-36(30-48(39)58)27-45(51(63)64)42-9-15-54-33-42/h1-6,10-11,16-18,28-30,40-45,52-54H,7-9,12-15,19-27,31-33H2,(H2-,59,60,61,62,63,64)/p+1. The van der Waals surface area contributed by atoms with Crippen LogP contribution in [0.1, 0.15) is 41.5 Å². The predicted octanol–water partition coefficient (Wildman–Crippen LogP) is 5.13. The largest absolute Gasteiger partial charge is 0.481 e. The minimum absolute atomic E-state index is 0.135. The van der Waals surface area contributed by atoms with Gasteiger partial charge in [0.15, 0.2) is 12.8 Å². The van der Waals surface area contributed by atoms with Gasteiger partial charge < -0.3 is 40.4 Å². The molecule has 0 bridgehead atoms. The number of hydrogen-bond donors (Lipinski definition) is 6. The van der Waals surface area contributed by atoms with Crippen LogP contribution in [-0.2, 0) is 53.2 Å². The molecule has 6 heterocycles. The maximum absolute atomic E-state index is 12.4. The Bertz CT molecular complexity index is 2370. The molecule has 3 aromatic carbocycles. The molecule has 4 aliphatic heterocycles. The second-order valence-corrected chi connectivity index (χ2v) is 18.9. The van der Waals surface area contributed by atoms with Gasteiger partial charge in [-0.2, -0.15) is 0 Å². The molecule has 0 saturated carbocycles. The van der Waals surface area contributed by atoms with Crippen LogP contribution in [0, 0.1) is 35.5 Å². The molecule has 6 unspecified atom stereocenters. The molecular formula is C51H64N7O6+. The van der Waals surface area contributed by atoms with E-state index in [-0.39, 0.29) is 17.8 Å². The van der Waals surface area contributed by atoms with E-state index in [0.717, 1.165) is 143 Å². The van der Waals surface area contributed by atoms with E-state index in [1.54, 1.807) is 0 Å². The normalized spacial score (nSPS) is 21.1. The van der Waals surface area contributed by atoms with E-state index >= 15 is 0 Å². The molecule has 0 radical (unpaired) electrons. The Morgan fingerprint density at radius 3 is 1.50 bits per heavy atom. The van der Waals surface area contributed by atoms with Crippen molar-refractivity contribution >= 4 is 51.6 Å². The molecule has 2 aromatic heterocycles. The number of carboxylic acids is 3. The molecule has 5 aromatic rings. The average molecular weight is 871 g/mol. The van der Waals surface area contributed by atoms with Gasteiger partial charge in [0, 0.05) is 61.2 Å². The van der Waals surface area contributed by atoms with Crippen LogP contribution in [0.15, 0.2) is 79.1 Å². The first-order chi connectivity index (χ1) is 31.2. The van der Waals surface area contributed by atoms with Crippen LogP contribution in [-0.4, -0.2) is 123 Å². The number of hydrogen-bond acceptors (Lipinski definition) is 7. The minimum atomic E-state index is -0.724. The Morgan fingerprint density at radius 1 is 0.609 bits per heavy atom. The van der Waals surface area contributed by atoms with Gasteiger partial charge >= 0.3 is 17.9 Å². The molecule has 6 atom stereocenters. The van der Waals surface area contributed by atoms with Crippen molar-refractivity contribution in [1.82, 2.24) is 30.0 Å². The van der Waals surface area contributed by atoms with Gasteiger partial charge in [-0.05, 0) is 147 Å². The number of carbonyl (C=O) groups is 3. The lowest BCUT2D eigenvalue weighted by atomic mass is 9.86. The number of nitrogens with zero attached hydrogens (tertiary/aromatic N) is 4. The van der Waals surface area contributed by atoms with Gasteiger partial charge in [0.2, 0.25) is 5.69 Å². The molecular weight excluding hydrogens is 807 g/mol. The Kier molecular flexibility index (Phi) is 13.6. The second-order valence-electron chi connectivity index (χ2n) is 18.9. The Balaban J connectivity index is 0.926. The molecule has 64 heavy (non-hydrogen) atoms. The Labute approximate surface area is 375 Å². The van der Waals surface area contributed by atoms with E-state index in [2.05, 4.69) is 120 Å². The Morgan fingerprint density at radius 2 is 1.06 bits per heavy atom. The van der Waals surface area contributed by atoms with E-state index < -0.39 is 35.7 Å². The number of fused-ring (bicyclic) bond motifs is 3. The first kappa shape index (κ1) is 43.9. The fraction of sp³-hybridized carbons (Fsp3) is 0.490. The summed E-state index contributed by atoms with van der Waals surface area (Å²) >= 11 is 0. The predicted molar refractivity (Wildman–Crippen MR) is 249 cm³/mol. The fourth-order valence-corrected chi connectivity index (χ4v) is 11.1. The van der Waals surface area contributed by atoms with E-state index in [1.165, 1.54) is 11.3 Å². The SMILES string of the molecule is O=C(O)C(Cc1ccc2c(c1)[N+](CCN(CCn1ccc3ccc(CC(C(=O)O)C4CCNC4)cc31)CCn1ccc3ccc(CC(C(=O)O)C4CCNC4)cc31)=CC2)C1CCNC1. The van der Waals surface area contributed by atoms with Crippen molar-refractivity contribution in [3.8, 4) is 0 Å². The summed E-state index contributed by atoms with van der Waals surface area (Å²) in [7, 11) is 0. The maximum Gasteiger partial charge on any atom is 0.307 e. The van der Waals surface area contributed by atoms with Crippen molar-refractivity contribution < 1.29 is 34.3 Å². The number of rotatable bonds is 21. The van der Waals surface area contributed by atoms with Crippen LogP contribution in [0.5, 0.6) is 0 Å². The lowest BCUT2D eigenvalue weighted by Crippen LogP contribution is -2.35. The summed E-state index contributed by atoms with van der Waals surface area (Å²) in [5, 5.41) is 42.8. The third-order valence-corrected chi connectivity index (χ3v) is 15.0. The number of nitrogens with one attached hydrogen (secondary N) is 3. The number of aliphatic carboxylic acids is 3. The molecule has 13 nitrogen and oxygen atoms in total. The zero-order valence-corrected chi connectivity index (χ0v) is 36.8. The van der Waals surface area contributed by atoms with Gasteiger partial charge in [-0.1, -0.05) is 36.4 Å². The molecule has 9 rings (SSSR count). The van der Waals surface area contributed by atoms with E-state index in [4.69, 9.17) is 0 Å². The van der Waals surface area contributed by atoms with Gasteiger partial charge in [-0.15, -0.1) is 0 Å². The highest BCUT2D eigenvalue weighted by molar-refractivity contribution is 5.82. The molecule has 0 amide bonds. The van der Waals surface area contributed by atoms with Gasteiger partial charge in [0.1, 0.15) is 0 Å². The number of aromatic nitrogens is 2. The zero-order chi connectivity index (χ0) is 44.2. The first-order valence-electron chi connectivity index (χ1n) is 23.6. The van der Waals surface area contributed by atoms with E-state index in [0.29, 0.717) is 19.3 Å². The lowest BCUT2D eigenvalue weighted by molar-refractivity contribution is -0.433. The lowest BCUT2D eigenvalue weighted by Gasteiger charge is -2.23. The maximum atomic E-state index is 12.4. The van der Waals surface area contributed by atoms with Crippen LogP contribution in [0.2, 0.25) is 0 Å². The summed E-state index contributed by atoms with van der Waals surface area (Å²) in [6.07, 6.45) is 11.6. The third kappa shape index (κ3) is 9.97. The molecule has 3 fully saturated rings. The van der Waals surface area contributed by atoms with Crippen molar-refractivity contribution in [1.29, 1.82) is 0 Å².